The van der Waals surface area contributed by atoms with Gasteiger partial charge < -0.3 is 28.5 Å². The lowest BCUT2D eigenvalue weighted by Gasteiger charge is -2.08. The summed E-state index contributed by atoms with van der Waals surface area (Å²) in [6, 6.07) is 0. The van der Waals surface area contributed by atoms with E-state index in [1.54, 1.807) is 56.1 Å². The van der Waals surface area contributed by atoms with E-state index in [1.165, 1.54) is 0 Å². The van der Waals surface area contributed by atoms with Gasteiger partial charge in [-0.25, -0.2) is 0 Å². The maximum absolute atomic E-state index is 10.5. The Labute approximate surface area is 202 Å². The van der Waals surface area contributed by atoms with Gasteiger partial charge in [-0.1, -0.05) is 6.92 Å². The molecule has 0 amide bonds. The van der Waals surface area contributed by atoms with Crippen molar-refractivity contribution in [3.05, 3.63) is 0 Å². The topological polar surface area (TPSA) is 105 Å². The van der Waals surface area contributed by atoms with Crippen LogP contribution < -0.4 is 0 Å². The fraction of sp³-hybridized carbons (Fsp3) is 0.840. The number of methoxy groups -OCH3 is 4. The second-order valence-corrected chi connectivity index (χ2v) is 7.70. The number of rotatable bonds is 15. The minimum absolute atomic E-state index is 0.127. The van der Waals surface area contributed by atoms with Crippen LogP contribution in [0.3, 0.4) is 0 Å². The lowest BCUT2D eigenvalue weighted by Crippen LogP contribution is -2.12. The van der Waals surface area contributed by atoms with Crippen LogP contribution in [-0.4, -0.2) is 77.0 Å². The van der Waals surface area contributed by atoms with E-state index >= 15 is 0 Å². The zero-order valence-electron chi connectivity index (χ0n) is 22.8. The molecule has 0 radical (unpaired) electrons. The monoisotopic (exact) mass is 478 g/mol. The van der Waals surface area contributed by atoms with Crippen molar-refractivity contribution in [1.29, 1.82) is 0 Å². The molecule has 0 aliphatic carbocycles. The first-order chi connectivity index (χ1) is 15.4. The smallest absolute Gasteiger partial charge is 0.132 e. The summed E-state index contributed by atoms with van der Waals surface area (Å²) >= 11 is 0. The fourth-order valence-electron chi connectivity index (χ4n) is 1.95. The van der Waals surface area contributed by atoms with Crippen molar-refractivity contribution in [3.63, 3.8) is 0 Å². The Morgan fingerprint density at radius 2 is 1.15 bits per heavy atom. The minimum Gasteiger partial charge on any atom is -0.385 e. The summed E-state index contributed by atoms with van der Waals surface area (Å²) in [5.74, 6) is 0.853. The molecular weight excluding hydrogens is 428 g/mol. The van der Waals surface area contributed by atoms with E-state index in [1.807, 2.05) is 13.8 Å². The van der Waals surface area contributed by atoms with Gasteiger partial charge in [-0.2, -0.15) is 0 Å². The highest BCUT2D eigenvalue weighted by atomic mass is 16.5. The standard InChI is InChI=1S/2C7H14O2.C6H12O2.C5H10O2/c1-6(8)4-5-7(2)9-3;1-4-7(9-3)5-6(2)8;1-6(7)4-3-5-8-2;1-5(6)3-4-7-2/h2*7H,4-5H2,1-3H3;3-5H2,1-2H3;3-4H2,1-2H3. The molecule has 0 aliphatic rings. The van der Waals surface area contributed by atoms with E-state index < -0.39 is 0 Å². The van der Waals surface area contributed by atoms with Gasteiger partial charge in [0.2, 0.25) is 0 Å². The summed E-state index contributed by atoms with van der Waals surface area (Å²) in [5, 5.41) is 0. The van der Waals surface area contributed by atoms with Gasteiger partial charge in [0.05, 0.1) is 18.8 Å². The first-order valence-corrected chi connectivity index (χ1v) is 11.4. The summed E-state index contributed by atoms with van der Waals surface area (Å²) in [7, 11) is 6.52. The quantitative estimate of drug-likeness (QED) is 0.319. The van der Waals surface area contributed by atoms with Crippen LogP contribution in [0, 0.1) is 0 Å². The van der Waals surface area contributed by atoms with E-state index in [0.29, 0.717) is 38.9 Å². The van der Waals surface area contributed by atoms with Gasteiger partial charge in [-0.3, -0.25) is 9.59 Å². The summed E-state index contributed by atoms with van der Waals surface area (Å²) in [4.78, 5) is 41.3. The number of hydrogen-bond donors (Lipinski definition) is 0. The number of Topliss-reactive ketones (excluding diaryl/α,β-unsaturated/α-hetero) is 4. The Balaban J connectivity index is -0.000000171. The largest absolute Gasteiger partial charge is 0.385 e. The van der Waals surface area contributed by atoms with Crippen LogP contribution in [0.5, 0.6) is 0 Å². The fourth-order valence-corrected chi connectivity index (χ4v) is 1.95. The first kappa shape index (κ1) is 38.8. The van der Waals surface area contributed by atoms with Gasteiger partial charge >= 0.3 is 0 Å². The Bertz CT molecular complexity index is 473. The van der Waals surface area contributed by atoms with Crippen LogP contribution in [0.15, 0.2) is 0 Å². The normalized spacial score (nSPS) is 11.3. The molecule has 0 rings (SSSR count). The molecule has 8 heteroatoms. The molecule has 0 N–H and O–H groups in total. The predicted molar refractivity (Wildman–Crippen MR) is 132 cm³/mol. The molecule has 0 aromatic rings. The van der Waals surface area contributed by atoms with Gasteiger partial charge in [0.15, 0.2) is 0 Å². The summed E-state index contributed by atoms with van der Waals surface area (Å²) in [5.41, 5.74) is 0. The molecule has 0 spiro atoms. The molecule has 0 bridgehead atoms. The molecule has 8 nitrogen and oxygen atoms in total. The maximum Gasteiger partial charge on any atom is 0.132 e. The number of ether oxygens (including phenoxy) is 4. The van der Waals surface area contributed by atoms with Crippen molar-refractivity contribution in [2.45, 2.75) is 98.7 Å². The third kappa shape index (κ3) is 48.9. The molecule has 198 valence electrons. The van der Waals surface area contributed by atoms with E-state index in [4.69, 9.17) is 14.2 Å². The molecule has 0 heterocycles. The average Bonchev–Trinajstić information content (AvgIpc) is 2.75. The first-order valence-electron chi connectivity index (χ1n) is 11.4. The van der Waals surface area contributed by atoms with Crippen LogP contribution in [0.1, 0.15) is 86.5 Å². The third-order valence-electron chi connectivity index (χ3n) is 4.14. The highest BCUT2D eigenvalue weighted by Crippen LogP contribution is 2.01. The number of carbonyl (C=O) groups excluding carboxylic acids is 4. The molecule has 2 atom stereocenters. The number of ketones is 4. The summed E-state index contributed by atoms with van der Waals surface area (Å²) in [6.45, 7) is 11.5. The number of carbonyl (C=O) groups is 4. The van der Waals surface area contributed by atoms with E-state index in [9.17, 15) is 19.2 Å². The Morgan fingerprint density at radius 3 is 1.39 bits per heavy atom. The van der Waals surface area contributed by atoms with Crippen molar-refractivity contribution in [2.75, 3.05) is 41.7 Å². The zero-order valence-corrected chi connectivity index (χ0v) is 22.8. The maximum atomic E-state index is 10.5. The molecule has 0 aromatic carbocycles. The summed E-state index contributed by atoms with van der Waals surface area (Å²) < 4.78 is 19.3. The van der Waals surface area contributed by atoms with E-state index in [2.05, 4.69) is 4.74 Å². The van der Waals surface area contributed by atoms with Crippen molar-refractivity contribution in [1.82, 2.24) is 0 Å². The van der Waals surface area contributed by atoms with Crippen molar-refractivity contribution in [2.24, 2.45) is 0 Å². The summed E-state index contributed by atoms with van der Waals surface area (Å²) in [6.07, 6.45) is 5.32. The minimum atomic E-state index is 0.127. The van der Waals surface area contributed by atoms with Crippen molar-refractivity contribution in [3.8, 4) is 0 Å². The Morgan fingerprint density at radius 1 is 0.667 bits per heavy atom. The van der Waals surface area contributed by atoms with Crippen molar-refractivity contribution < 1.29 is 38.1 Å². The van der Waals surface area contributed by atoms with Gasteiger partial charge in [0.1, 0.15) is 23.1 Å². The average molecular weight is 479 g/mol. The Hall–Kier alpha value is -1.48. The van der Waals surface area contributed by atoms with Gasteiger partial charge in [0, 0.05) is 60.7 Å². The molecule has 0 fully saturated rings. The molecule has 2 unspecified atom stereocenters. The zero-order chi connectivity index (χ0) is 26.7. The van der Waals surface area contributed by atoms with Crippen LogP contribution >= 0.6 is 0 Å². The number of hydrogen-bond acceptors (Lipinski definition) is 8. The Kier molecular flexibility index (Phi) is 35.9. The van der Waals surface area contributed by atoms with Crippen LogP contribution in [0.2, 0.25) is 0 Å². The predicted octanol–water partition coefficient (Wildman–Crippen LogP) is 4.39. The van der Waals surface area contributed by atoms with Crippen LogP contribution in [0.25, 0.3) is 0 Å². The lowest BCUT2D eigenvalue weighted by molar-refractivity contribution is -0.119. The SMILES string of the molecule is CCC(CC(C)=O)OC.COC(C)CCC(C)=O.COCCC(C)=O.COCCCC(C)=O. The highest BCUT2D eigenvalue weighted by molar-refractivity contribution is 5.76. The van der Waals surface area contributed by atoms with Crippen molar-refractivity contribution >= 4 is 23.1 Å². The van der Waals surface area contributed by atoms with Gasteiger partial charge in [0.25, 0.3) is 0 Å². The van der Waals surface area contributed by atoms with E-state index in [-0.39, 0.29) is 35.3 Å². The highest BCUT2D eigenvalue weighted by Gasteiger charge is 2.05. The molecular formula is C25H50O8. The van der Waals surface area contributed by atoms with Gasteiger partial charge in [-0.15, -0.1) is 0 Å². The molecule has 0 aliphatic heterocycles. The lowest BCUT2D eigenvalue weighted by atomic mass is 10.1. The second kappa shape index (κ2) is 30.5. The second-order valence-electron chi connectivity index (χ2n) is 7.70. The molecule has 0 aromatic heterocycles. The molecule has 33 heavy (non-hydrogen) atoms. The van der Waals surface area contributed by atoms with Crippen LogP contribution in [-0.2, 0) is 38.1 Å². The van der Waals surface area contributed by atoms with Gasteiger partial charge in [-0.05, 0) is 53.9 Å². The van der Waals surface area contributed by atoms with E-state index in [0.717, 1.165) is 19.3 Å². The molecule has 0 saturated heterocycles. The molecule has 0 saturated carbocycles. The van der Waals surface area contributed by atoms with Crippen LogP contribution in [0.4, 0.5) is 0 Å². The third-order valence-corrected chi connectivity index (χ3v) is 4.14.